The van der Waals surface area contributed by atoms with Gasteiger partial charge in [-0.05, 0) is 240 Å². The highest BCUT2D eigenvalue weighted by Gasteiger charge is 2.39. The molecule has 22 nitrogen and oxygen atoms in total. The number of unbranched alkanes of at least 4 members (excludes halogenated alkanes) is 4. The van der Waals surface area contributed by atoms with Gasteiger partial charge in [0.25, 0.3) is 0 Å². The molecule has 0 bridgehead atoms. The standard InChI is InChI=1S/C31H42FN3O3.2C30H43N3O5/c1-22(36)30(29-18-26(32)11-9-25(29)20-38-28-14-17-37-21-28)35-16-13-23(19-35)6-3-2-4-8-27-12-10-24-7-5-15-33-31(24)34-27;2*1-30(2,3)38-20-21-10-5-6-12-24(21)27(29(34)35)33-16-14-23(19-33)37-17-8-7-11-22-18-26(36-4)25-13-9-15-31-28(25)32-22/h9-12,18,23,28,30H,2-8,13-17,19-21H2,1H3,(H,33,34);2*5-6,10,12,18,23,27H,7-9,11,13-17,19-20H2,1-4H3,(H,31,32)(H,34,35)/t23-,28-,30?;23-,27+;23-,27-/m111/s1. The lowest BCUT2D eigenvalue weighted by molar-refractivity contribution is -0.144. The smallest absolute Gasteiger partial charge is 0.325 e. The fraction of sp³-hybridized carbons (Fsp3) is 0.604. The van der Waals surface area contributed by atoms with Gasteiger partial charge in [0.2, 0.25) is 0 Å². The zero-order valence-electron chi connectivity index (χ0n) is 69.3. The molecule has 0 aliphatic carbocycles. The predicted octanol–water partition coefficient (Wildman–Crippen LogP) is 15.6. The molecule has 0 amide bonds. The molecular weight excluding hydrogens is 1450 g/mol. The lowest BCUT2D eigenvalue weighted by Crippen LogP contribution is -2.34. The second-order valence-electron chi connectivity index (χ2n) is 33.7. The van der Waals surface area contributed by atoms with Crippen LogP contribution in [0.3, 0.4) is 0 Å². The first-order chi connectivity index (χ1) is 55.1. The molecule has 13 rings (SSSR count). The van der Waals surface area contributed by atoms with Crippen LogP contribution in [0.1, 0.15) is 230 Å². The van der Waals surface area contributed by atoms with Crippen molar-refractivity contribution in [3.8, 4) is 11.5 Å². The number of aryl methyl sites for hydroxylation is 4. The molecule has 6 aromatic rings. The number of ketones is 1. The average Bonchev–Trinajstić information content (AvgIpc) is 1.44. The van der Waals surface area contributed by atoms with Crippen LogP contribution in [0.5, 0.6) is 11.5 Å². The summed E-state index contributed by atoms with van der Waals surface area (Å²) in [6, 6.07) is 26.9. The molecule has 1 unspecified atom stereocenters. The van der Waals surface area contributed by atoms with E-state index >= 15 is 0 Å². The number of pyridine rings is 3. The molecule has 10 heterocycles. The highest BCUT2D eigenvalue weighted by atomic mass is 19.1. The number of carbonyl (C=O) groups excluding carboxylic acids is 1. The molecule has 5 N–H and O–H groups in total. The van der Waals surface area contributed by atoms with Crippen LogP contribution in [0.25, 0.3) is 0 Å². The summed E-state index contributed by atoms with van der Waals surface area (Å²) in [4.78, 5) is 58.3. The Kier molecular flexibility index (Phi) is 32.8. The lowest BCUT2D eigenvalue weighted by atomic mass is 9.96. The molecule has 0 radical (unpaired) electrons. The molecule has 3 aromatic carbocycles. The number of rotatable bonds is 36. The van der Waals surface area contributed by atoms with Crippen molar-refractivity contribution in [2.45, 2.75) is 251 Å². The number of ether oxygens (including phenoxy) is 8. The number of fused-ring (bicyclic) bond motifs is 3. The molecule has 4 fully saturated rings. The number of Topliss-reactive ketones (excluding diaryl/α,β-unsaturated/α-hetero) is 1. The van der Waals surface area contributed by atoms with E-state index in [0.29, 0.717) is 78.3 Å². The highest BCUT2D eigenvalue weighted by molar-refractivity contribution is 5.83. The van der Waals surface area contributed by atoms with Crippen molar-refractivity contribution in [3.63, 3.8) is 0 Å². The maximum atomic E-state index is 14.3. The van der Waals surface area contributed by atoms with Gasteiger partial charge in [-0.1, -0.05) is 73.5 Å². The van der Waals surface area contributed by atoms with Gasteiger partial charge in [-0.25, -0.2) is 19.3 Å². The van der Waals surface area contributed by atoms with E-state index in [2.05, 4.69) is 45.1 Å². The maximum absolute atomic E-state index is 14.3. The van der Waals surface area contributed by atoms with Crippen LogP contribution in [-0.2, 0) is 101 Å². The Hall–Kier alpha value is -7.71. The van der Waals surface area contributed by atoms with Crippen molar-refractivity contribution < 1.29 is 66.9 Å². The molecule has 622 valence electrons. The first-order valence-corrected chi connectivity index (χ1v) is 42.2. The van der Waals surface area contributed by atoms with Gasteiger partial charge >= 0.3 is 11.9 Å². The van der Waals surface area contributed by atoms with E-state index in [1.807, 2.05) is 99.9 Å². The van der Waals surface area contributed by atoms with Crippen LogP contribution in [0.2, 0.25) is 0 Å². The Bertz CT molecular complexity index is 3870. The zero-order valence-corrected chi connectivity index (χ0v) is 69.3. The Balaban J connectivity index is 0.000000169. The molecule has 7 aliphatic heterocycles. The largest absolute Gasteiger partial charge is 0.496 e. The lowest BCUT2D eigenvalue weighted by Gasteiger charge is -2.28. The van der Waals surface area contributed by atoms with Crippen molar-refractivity contribution >= 4 is 35.2 Å². The van der Waals surface area contributed by atoms with Crippen molar-refractivity contribution in [3.05, 3.63) is 164 Å². The molecule has 7 atom stereocenters. The number of likely N-dealkylation sites (tertiary alicyclic amines) is 3. The SMILES string of the molecule is CC(=O)C(c1cc(F)ccc1CO[C@@H]1CCOC1)N1CC[C@@H](CCCCCc2ccc3c(n2)NCCC3)C1.COc1cc(CCCCO[C@@H]2CCN([C@@H](C(=O)O)c3ccccc3COC(C)(C)C)C2)nc2c1CCCN2.COc1cc(CCCCO[C@@H]2CCN([C@H](C(=O)O)c3ccccc3COC(C)(C)C)C2)nc2c1CCCN2. The number of carboxylic acids is 2. The number of aliphatic carboxylic acids is 2. The van der Waals surface area contributed by atoms with Crippen molar-refractivity contribution in [2.75, 3.05) is 116 Å². The summed E-state index contributed by atoms with van der Waals surface area (Å²) in [5, 5.41) is 30.5. The molecule has 3 aromatic heterocycles. The summed E-state index contributed by atoms with van der Waals surface area (Å²) in [5.74, 6) is 3.53. The summed E-state index contributed by atoms with van der Waals surface area (Å²) in [6.07, 6.45) is 21.6. The minimum Gasteiger partial charge on any atom is -0.496 e. The van der Waals surface area contributed by atoms with E-state index in [4.69, 9.17) is 52.8 Å². The average molecular weight is 1580 g/mol. The van der Waals surface area contributed by atoms with Gasteiger partial charge < -0.3 is 64.1 Å². The number of nitrogens with one attached hydrogen (secondary N) is 3. The number of halogens is 1. The summed E-state index contributed by atoms with van der Waals surface area (Å²) >= 11 is 0. The summed E-state index contributed by atoms with van der Waals surface area (Å²) < 4.78 is 61.3. The number of hydrogen-bond acceptors (Lipinski definition) is 20. The van der Waals surface area contributed by atoms with Crippen molar-refractivity contribution in [1.29, 1.82) is 0 Å². The second kappa shape index (κ2) is 42.9. The third-order valence-electron chi connectivity index (χ3n) is 22.8. The summed E-state index contributed by atoms with van der Waals surface area (Å²) in [6.45, 7) is 24.7. The number of nitrogens with zero attached hydrogens (tertiary/aromatic N) is 6. The van der Waals surface area contributed by atoms with E-state index in [-0.39, 0.29) is 41.1 Å². The number of hydrogen-bond donors (Lipinski definition) is 5. The van der Waals surface area contributed by atoms with Crippen molar-refractivity contribution in [2.24, 2.45) is 5.92 Å². The van der Waals surface area contributed by atoms with Crippen LogP contribution >= 0.6 is 0 Å². The zero-order chi connectivity index (χ0) is 80.6. The minimum absolute atomic E-state index is 0.0426. The van der Waals surface area contributed by atoms with Crippen LogP contribution in [0, 0.1) is 11.7 Å². The van der Waals surface area contributed by atoms with E-state index < -0.39 is 30.1 Å². The summed E-state index contributed by atoms with van der Waals surface area (Å²) in [5.41, 5.74) is 11.5. The first kappa shape index (κ1) is 87.1. The first-order valence-electron chi connectivity index (χ1n) is 42.2. The normalized spacial score (nSPS) is 19.8. The van der Waals surface area contributed by atoms with Gasteiger partial charge in [-0.3, -0.25) is 29.1 Å². The Labute approximate surface area is 676 Å². The van der Waals surface area contributed by atoms with E-state index in [1.54, 1.807) is 27.2 Å². The molecule has 0 saturated carbocycles. The van der Waals surface area contributed by atoms with Crippen LogP contribution in [0.15, 0.2) is 91.0 Å². The molecular formula is C91H128FN9O13. The molecule has 23 heteroatoms. The number of carbonyl (C=O) groups is 3. The molecule has 4 saturated heterocycles. The number of carboxylic acid groups (broad SMARTS) is 2. The Morgan fingerprint density at radius 2 is 1.03 bits per heavy atom. The maximum Gasteiger partial charge on any atom is 0.325 e. The van der Waals surface area contributed by atoms with E-state index in [0.717, 1.165) is 216 Å². The second-order valence-corrected chi connectivity index (χ2v) is 33.7. The third kappa shape index (κ3) is 25.6. The quantitative estimate of drug-likeness (QED) is 0.0229. The van der Waals surface area contributed by atoms with Gasteiger partial charge in [0.05, 0.1) is 76.2 Å². The number of methoxy groups -OCH3 is 2. The van der Waals surface area contributed by atoms with Crippen LogP contribution in [0.4, 0.5) is 21.8 Å². The third-order valence-corrected chi connectivity index (χ3v) is 22.8. The summed E-state index contributed by atoms with van der Waals surface area (Å²) in [7, 11) is 3.44. The van der Waals surface area contributed by atoms with E-state index in [1.165, 1.54) is 60.2 Å². The van der Waals surface area contributed by atoms with Gasteiger partial charge in [0.15, 0.2) is 5.78 Å². The Morgan fingerprint density at radius 1 is 0.526 bits per heavy atom. The number of benzene rings is 3. The van der Waals surface area contributed by atoms with Crippen molar-refractivity contribution in [1.82, 2.24) is 29.7 Å². The van der Waals surface area contributed by atoms with E-state index in [9.17, 15) is 29.0 Å². The topological polar surface area (TPSA) is 250 Å². The van der Waals surface area contributed by atoms with Gasteiger partial charge in [-0.2, -0.15) is 0 Å². The van der Waals surface area contributed by atoms with Gasteiger partial charge in [0, 0.05) is 113 Å². The molecule has 114 heavy (non-hydrogen) atoms. The molecule has 0 spiro atoms. The highest BCUT2D eigenvalue weighted by Crippen LogP contribution is 2.38. The van der Waals surface area contributed by atoms with Gasteiger partial charge in [0.1, 0.15) is 46.9 Å². The fourth-order valence-electron chi connectivity index (χ4n) is 16.8. The minimum atomic E-state index is -0.837. The fourth-order valence-corrected chi connectivity index (χ4v) is 16.8. The van der Waals surface area contributed by atoms with Crippen LogP contribution < -0.4 is 25.4 Å². The molecule has 7 aliphatic rings. The Morgan fingerprint density at radius 3 is 1.55 bits per heavy atom. The number of aromatic nitrogens is 3. The van der Waals surface area contributed by atoms with Crippen LogP contribution in [-0.4, -0.2) is 187 Å². The number of anilines is 3. The predicted molar refractivity (Wildman–Crippen MR) is 442 cm³/mol. The monoisotopic (exact) mass is 1570 g/mol. The van der Waals surface area contributed by atoms with Gasteiger partial charge in [-0.15, -0.1) is 0 Å².